The van der Waals surface area contributed by atoms with Gasteiger partial charge in [0.05, 0.1) is 0 Å². The average Bonchev–Trinajstić information content (AvgIpc) is 3.61. The van der Waals surface area contributed by atoms with Crippen LogP contribution in [0.25, 0.3) is 11.1 Å². The third-order valence-corrected chi connectivity index (χ3v) is 6.91. The molecule has 208 valence electrons. The SMILES string of the molecule is CC1=C(c2ccccc2)c2nccn2C(F)(F)C1(F)F.CC1=C(c2ccccc2)c2nccn2C(F)(F)C1(F)F. The standard InChI is InChI=1S/2C14H10F4N2/c2*1-9-11(10-5-3-2-4-6-10)12-19-7-8-20(12)14(17,18)13(9,15)16/h2*2-8H,1H3. The Morgan fingerprint density at radius 1 is 0.525 bits per heavy atom. The normalized spacial score (nSPS) is 19.9. The van der Waals surface area contributed by atoms with Crippen molar-refractivity contribution >= 4 is 11.1 Å². The lowest BCUT2D eigenvalue weighted by Crippen LogP contribution is -2.47. The highest BCUT2D eigenvalue weighted by Crippen LogP contribution is 2.52. The van der Waals surface area contributed by atoms with Gasteiger partial charge in [0.15, 0.2) is 0 Å². The van der Waals surface area contributed by atoms with E-state index in [2.05, 4.69) is 9.97 Å². The molecule has 0 aliphatic carbocycles. The Kier molecular flexibility index (Phi) is 6.27. The van der Waals surface area contributed by atoms with Crippen molar-refractivity contribution in [3.8, 4) is 0 Å². The van der Waals surface area contributed by atoms with E-state index in [1.807, 2.05) is 0 Å². The van der Waals surface area contributed by atoms with Gasteiger partial charge in [0, 0.05) is 47.1 Å². The van der Waals surface area contributed by atoms with Crippen molar-refractivity contribution in [1.29, 1.82) is 0 Å². The molecule has 0 saturated carbocycles. The molecule has 2 aliphatic heterocycles. The second-order valence-corrected chi connectivity index (χ2v) is 9.21. The molecular formula is C28H20F8N4. The minimum atomic E-state index is -4.32. The number of fused-ring (bicyclic) bond motifs is 2. The van der Waals surface area contributed by atoms with Crippen molar-refractivity contribution in [3.05, 3.63) is 119 Å². The molecule has 40 heavy (non-hydrogen) atoms. The van der Waals surface area contributed by atoms with Crippen molar-refractivity contribution in [3.63, 3.8) is 0 Å². The molecule has 0 N–H and O–H groups in total. The highest BCUT2D eigenvalue weighted by atomic mass is 19.3. The second-order valence-electron chi connectivity index (χ2n) is 9.21. The molecular weight excluding hydrogens is 544 g/mol. The zero-order valence-corrected chi connectivity index (χ0v) is 20.9. The molecule has 12 heteroatoms. The molecule has 2 aliphatic rings. The number of rotatable bonds is 2. The van der Waals surface area contributed by atoms with E-state index in [4.69, 9.17) is 0 Å². The van der Waals surface area contributed by atoms with Gasteiger partial charge < -0.3 is 0 Å². The Morgan fingerprint density at radius 2 is 0.850 bits per heavy atom. The molecule has 0 spiro atoms. The number of halogens is 8. The first-order valence-electron chi connectivity index (χ1n) is 11.9. The summed E-state index contributed by atoms with van der Waals surface area (Å²) in [7, 11) is 0. The number of hydrogen-bond donors (Lipinski definition) is 0. The zero-order chi connectivity index (χ0) is 29.1. The summed E-state index contributed by atoms with van der Waals surface area (Å²) in [6.07, 6.45) is 3.94. The van der Waals surface area contributed by atoms with Gasteiger partial charge in [-0.3, -0.25) is 9.13 Å². The largest absolute Gasteiger partial charge is 0.397 e. The highest BCUT2D eigenvalue weighted by Gasteiger charge is 2.64. The van der Waals surface area contributed by atoms with Gasteiger partial charge in [0.25, 0.3) is 0 Å². The highest BCUT2D eigenvalue weighted by molar-refractivity contribution is 5.82. The summed E-state index contributed by atoms with van der Waals surface area (Å²) in [5.74, 6) is -8.81. The molecule has 0 unspecified atom stereocenters. The molecule has 4 nitrogen and oxygen atoms in total. The summed E-state index contributed by atoms with van der Waals surface area (Å²) in [6, 6.07) is 7.83. The first-order valence-corrected chi connectivity index (χ1v) is 11.9. The Balaban J connectivity index is 0.000000161. The number of imidazole rings is 2. The van der Waals surface area contributed by atoms with Crippen LogP contribution in [0.5, 0.6) is 0 Å². The molecule has 4 heterocycles. The van der Waals surface area contributed by atoms with E-state index in [9.17, 15) is 35.1 Å². The maximum absolute atomic E-state index is 14.0. The van der Waals surface area contributed by atoms with Crippen LogP contribution in [-0.2, 0) is 12.1 Å². The molecule has 2 aromatic heterocycles. The number of alkyl halides is 8. The number of nitrogens with zero attached hydrogens (tertiary/aromatic N) is 4. The zero-order valence-electron chi connectivity index (χ0n) is 20.9. The van der Waals surface area contributed by atoms with Crippen molar-refractivity contribution < 1.29 is 35.1 Å². The predicted molar refractivity (Wildman–Crippen MR) is 131 cm³/mol. The van der Waals surface area contributed by atoms with E-state index in [1.165, 1.54) is 0 Å². The molecule has 0 radical (unpaired) electrons. The molecule has 2 aromatic carbocycles. The van der Waals surface area contributed by atoms with Crippen LogP contribution in [0.1, 0.15) is 36.6 Å². The Bertz CT molecular complexity index is 1490. The second kappa shape index (κ2) is 9.17. The Hall–Kier alpha value is -4.22. The average molecular weight is 564 g/mol. The fourth-order valence-electron chi connectivity index (χ4n) is 4.73. The van der Waals surface area contributed by atoms with Crippen LogP contribution in [0.3, 0.4) is 0 Å². The maximum Gasteiger partial charge on any atom is 0.397 e. The predicted octanol–water partition coefficient (Wildman–Crippen LogP) is 7.81. The maximum atomic E-state index is 14.0. The van der Waals surface area contributed by atoms with E-state index < -0.39 is 35.1 Å². The summed E-state index contributed by atoms with van der Waals surface area (Å²) >= 11 is 0. The molecule has 4 aromatic rings. The fourth-order valence-corrected chi connectivity index (χ4v) is 4.73. The molecule has 0 atom stereocenters. The Labute approximate surface area is 222 Å². The molecule has 0 amide bonds. The molecule has 6 rings (SSSR count). The van der Waals surface area contributed by atoms with Gasteiger partial charge in [-0.15, -0.1) is 0 Å². The summed E-state index contributed by atoms with van der Waals surface area (Å²) in [4.78, 5) is 7.64. The topological polar surface area (TPSA) is 35.6 Å². The lowest BCUT2D eigenvalue weighted by Gasteiger charge is -2.34. The van der Waals surface area contributed by atoms with Crippen molar-refractivity contribution in [1.82, 2.24) is 19.1 Å². The van der Waals surface area contributed by atoms with Crippen LogP contribution in [-0.4, -0.2) is 30.9 Å². The van der Waals surface area contributed by atoms with Crippen LogP contribution < -0.4 is 0 Å². The van der Waals surface area contributed by atoms with E-state index >= 15 is 0 Å². The van der Waals surface area contributed by atoms with Crippen LogP contribution >= 0.6 is 0 Å². The van der Waals surface area contributed by atoms with E-state index in [-0.39, 0.29) is 31.9 Å². The minimum absolute atomic E-state index is 0.0477. The number of allylic oxidation sites excluding steroid dienone is 2. The summed E-state index contributed by atoms with van der Waals surface area (Å²) in [5, 5.41) is 0. The van der Waals surface area contributed by atoms with Gasteiger partial charge in [-0.05, 0) is 25.0 Å². The van der Waals surface area contributed by atoms with Gasteiger partial charge in [0.1, 0.15) is 11.6 Å². The summed E-state index contributed by atoms with van der Waals surface area (Å²) < 4.78 is 112. The first kappa shape index (κ1) is 27.4. The van der Waals surface area contributed by atoms with Crippen molar-refractivity contribution in [2.24, 2.45) is 0 Å². The minimum Gasteiger partial charge on any atom is -0.265 e. The first-order chi connectivity index (χ1) is 18.7. The van der Waals surface area contributed by atoms with Crippen LogP contribution in [0.4, 0.5) is 35.1 Å². The molecule has 0 saturated heterocycles. The van der Waals surface area contributed by atoms with Crippen LogP contribution in [0.2, 0.25) is 0 Å². The lowest BCUT2D eigenvalue weighted by atomic mass is 9.92. The third-order valence-electron chi connectivity index (χ3n) is 6.91. The molecule has 0 bridgehead atoms. The summed E-state index contributed by atoms with van der Waals surface area (Å²) in [5.41, 5.74) is -0.377. The smallest absolute Gasteiger partial charge is 0.265 e. The monoisotopic (exact) mass is 564 g/mol. The van der Waals surface area contributed by atoms with Gasteiger partial charge in [0.2, 0.25) is 0 Å². The van der Waals surface area contributed by atoms with Gasteiger partial charge in [-0.1, -0.05) is 60.7 Å². The van der Waals surface area contributed by atoms with E-state index in [1.54, 1.807) is 60.7 Å². The summed E-state index contributed by atoms with van der Waals surface area (Å²) in [6.45, 7) is 2.04. The number of hydrogen-bond acceptors (Lipinski definition) is 2. The molecule has 0 fully saturated rings. The third kappa shape index (κ3) is 3.80. The van der Waals surface area contributed by atoms with E-state index in [0.29, 0.717) is 11.1 Å². The lowest BCUT2D eigenvalue weighted by molar-refractivity contribution is -0.242. The van der Waals surface area contributed by atoms with Crippen molar-refractivity contribution in [2.75, 3.05) is 0 Å². The van der Waals surface area contributed by atoms with Gasteiger partial charge in [-0.25, -0.2) is 9.97 Å². The van der Waals surface area contributed by atoms with Crippen LogP contribution in [0.15, 0.2) is 96.6 Å². The number of aromatic nitrogens is 4. The quantitative estimate of drug-likeness (QED) is 0.233. The van der Waals surface area contributed by atoms with Crippen molar-refractivity contribution in [2.45, 2.75) is 37.8 Å². The Morgan fingerprint density at radius 3 is 1.18 bits per heavy atom. The van der Waals surface area contributed by atoms with E-state index in [0.717, 1.165) is 38.6 Å². The van der Waals surface area contributed by atoms with Gasteiger partial charge in [-0.2, -0.15) is 35.1 Å². The van der Waals surface area contributed by atoms with Crippen LogP contribution in [0, 0.1) is 0 Å². The number of benzene rings is 2. The fraction of sp³-hybridized carbons (Fsp3) is 0.214. The van der Waals surface area contributed by atoms with Gasteiger partial charge >= 0.3 is 23.9 Å².